The number of hydrogen-bond donors (Lipinski definition) is 2. The van der Waals surface area contributed by atoms with Gasteiger partial charge in [-0.1, -0.05) is 41.9 Å². The summed E-state index contributed by atoms with van der Waals surface area (Å²) in [4.78, 5) is 28.4. The van der Waals surface area contributed by atoms with E-state index in [1.165, 1.54) is 4.90 Å². The van der Waals surface area contributed by atoms with Gasteiger partial charge in [0.25, 0.3) is 0 Å². The first-order valence-electron chi connectivity index (χ1n) is 7.82. The number of halogens is 1. The zero-order valence-corrected chi connectivity index (χ0v) is 14.4. The van der Waals surface area contributed by atoms with E-state index < -0.39 is 5.97 Å². The van der Waals surface area contributed by atoms with Crippen molar-refractivity contribution in [3.63, 3.8) is 0 Å². The number of amides is 1. The van der Waals surface area contributed by atoms with Crippen LogP contribution in [0.3, 0.4) is 0 Å². The number of carboxylic acid groups (broad SMARTS) is 1. The van der Waals surface area contributed by atoms with Gasteiger partial charge in [0, 0.05) is 29.4 Å². The molecule has 25 heavy (non-hydrogen) atoms. The van der Waals surface area contributed by atoms with Crippen LogP contribution in [0, 0.1) is 0 Å². The lowest BCUT2D eigenvalue weighted by atomic mass is 10.1. The molecule has 3 aromatic rings. The number of aromatic carboxylic acids is 1. The number of carboxylic acids is 1. The number of carbonyl (C=O) groups is 2. The second kappa shape index (κ2) is 6.99. The van der Waals surface area contributed by atoms with Gasteiger partial charge < -0.3 is 15.0 Å². The molecule has 1 amide bonds. The summed E-state index contributed by atoms with van der Waals surface area (Å²) in [6.45, 7) is 0. The number of fused-ring (bicyclic) bond motifs is 1. The highest BCUT2D eigenvalue weighted by Crippen LogP contribution is 2.32. The molecule has 0 saturated heterocycles. The van der Waals surface area contributed by atoms with Gasteiger partial charge in [-0.25, -0.2) is 4.79 Å². The molecule has 0 spiro atoms. The van der Waals surface area contributed by atoms with Crippen molar-refractivity contribution in [2.75, 3.05) is 11.9 Å². The largest absolute Gasteiger partial charge is 0.477 e. The van der Waals surface area contributed by atoms with Crippen molar-refractivity contribution in [3.8, 4) is 0 Å². The molecule has 0 aliphatic carbocycles. The molecule has 0 saturated carbocycles. The maximum Gasteiger partial charge on any atom is 0.354 e. The minimum atomic E-state index is -1.12. The average Bonchev–Trinajstić information content (AvgIpc) is 2.98. The molecule has 0 bridgehead atoms. The van der Waals surface area contributed by atoms with Gasteiger partial charge in [-0.05, 0) is 30.2 Å². The summed E-state index contributed by atoms with van der Waals surface area (Å²) in [5, 5.41) is 10.6. The molecule has 1 heterocycles. The first kappa shape index (κ1) is 17.0. The Bertz CT molecular complexity index is 934. The van der Waals surface area contributed by atoms with Gasteiger partial charge in [0.2, 0.25) is 5.91 Å². The lowest BCUT2D eigenvalue weighted by Crippen LogP contribution is -2.27. The second-order valence-electron chi connectivity index (χ2n) is 5.78. The number of aromatic amines is 1. The third kappa shape index (κ3) is 3.51. The van der Waals surface area contributed by atoms with Gasteiger partial charge in [-0.3, -0.25) is 4.79 Å². The maximum absolute atomic E-state index is 12.6. The first-order valence-corrected chi connectivity index (χ1v) is 8.20. The van der Waals surface area contributed by atoms with E-state index in [1.807, 2.05) is 30.3 Å². The monoisotopic (exact) mass is 356 g/mol. The van der Waals surface area contributed by atoms with Crippen molar-refractivity contribution in [2.45, 2.75) is 12.8 Å². The Morgan fingerprint density at radius 2 is 1.88 bits per heavy atom. The van der Waals surface area contributed by atoms with Crippen molar-refractivity contribution >= 4 is 40.1 Å². The number of aromatic nitrogens is 1. The number of hydrogen-bond acceptors (Lipinski definition) is 2. The molecular weight excluding hydrogens is 340 g/mol. The number of nitrogens with zero attached hydrogens (tertiary/aromatic N) is 1. The summed E-state index contributed by atoms with van der Waals surface area (Å²) in [6, 6.07) is 14.7. The predicted molar refractivity (Wildman–Crippen MR) is 98.4 cm³/mol. The van der Waals surface area contributed by atoms with Crippen LogP contribution in [0.15, 0.2) is 48.5 Å². The van der Waals surface area contributed by atoms with Gasteiger partial charge in [-0.15, -0.1) is 0 Å². The molecule has 0 atom stereocenters. The Hall–Kier alpha value is -2.79. The molecule has 0 fully saturated rings. The molecule has 2 aromatic carbocycles. The zero-order chi connectivity index (χ0) is 18.0. The number of nitrogens with one attached hydrogen (secondary N) is 1. The molecule has 2 N–H and O–H groups in total. The number of aryl methyl sites for hydroxylation is 1. The summed E-state index contributed by atoms with van der Waals surface area (Å²) < 4.78 is 0. The van der Waals surface area contributed by atoms with Crippen molar-refractivity contribution < 1.29 is 14.7 Å². The Kier molecular flexibility index (Phi) is 4.76. The summed E-state index contributed by atoms with van der Waals surface area (Å²) in [5.41, 5.74) is 1.99. The van der Waals surface area contributed by atoms with E-state index in [9.17, 15) is 14.7 Å². The van der Waals surface area contributed by atoms with Crippen molar-refractivity contribution in [1.82, 2.24) is 4.98 Å². The average molecular weight is 357 g/mol. The molecule has 5 nitrogen and oxygen atoms in total. The van der Waals surface area contributed by atoms with E-state index in [0.717, 1.165) is 5.56 Å². The number of carbonyl (C=O) groups excluding carboxylic acids is 1. The number of H-pyrrole nitrogens is 1. The van der Waals surface area contributed by atoms with E-state index in [2.05, 4.69) is 4.98 Å². The maximum atomic E-state index is 12.6. The fourth-order valence-electron chi connectivity index (χ4n) is 2.85. The molecule has 6 heteroatoms. The topological polar surface area (TPSA) is 73.4 Å². The molecular formula is C19H17ClN2O3. The molecule has 0 aliphatic heterocycles. The highest BCUT2D eigenvalue weighted by atomic mass is 35.5. The van der Waals surface area contributed by atoms with Crippen LogP contribution in [-0.4, -0.2) is 29.0 Å². The van der Waals surface area contributed by atoms with Crippen molar-refractivity contribution in [3.05, 3.63) is 64.8 Å². The summed E-state index contributed by atoms with van der Waals surface area (Å²) in [7, 11) is 1.59. The molecule has 0 unspecified atom stereocenters. The third-order valence-electron chi connectivity index (χ3n) is 4.13. The van der Waals surface area contributed by atoms with Crippen LogP contribution in [0.1, 0.15) is 22.5 Å². The highest BCUT2D eigenvalue weighted by molar-refractivity contribution is 6.31. The van der Waals surface area contributed by atoms with Crippen molar-refractivity contribution in [2.24, 2.45) is 0 Å². The third-order valence-corrected chi connectivity index (χ3v) is 4.36. The zero-order valence-electron chi connectivity index (χ0n) is 13.6. The van der Waals surface area contributed by atoms with Crippen LogP contribution in [-0.2, 0) is 11.2 Å². The second-order valence-corrected chi connectivity index (χ2v) is 6.22. The van der Waals surface area contributed by atoms with E-state index in [1.54, 1.807) is 25.2 Å². The Morgan fingerprint density at radius 1 is 1.16 bits per heavy atom. The minimum Gasteiger partial charge on any atom is -0.477 e. The van der Waals surface area contributed by atoms with Gasteiger partial charge in [-0.2, -0.15) is 0 Å². The highest BCUT2D eigenvalue weighted by Gasteiger charge is 2.23. The van der Waals surface area contributed by atoms with Gasteiger partial charge in [0.1, 0.15) is 5.69 Å². The van der Waals surface area contributed by atoms with Gasteiger partial charge in [0.05, 0.1) is 5.69 Å². The lowest BCUT2D eigenvalue weighted by Gasteiger charge is -2.17. The van der Waals surface area contributed by atoms with E-state index >= 15 is 0 Å². The Labute approximate surface area is 149 Å². The summed E-state index contributed by atoms with van der Waals surface area (Å²) >= 11 is 5.97. The number of rotatable bonds is 5. The predicted octanol–water partition coefficient (Wildman–Crippen LogP) is 4.12. The van der Waals surface area contributed by atoms with Crippen LogP contribution >= 0.6 is 11.6 Å². The van der Waals surface area contributed by atoms with Crippen molar-refractivity contribution in [1.29, 1.82) is 0 Å². The summed E-state index contributed by atoms with van der Waals surface area (Å²) in [6.07, 6.45) is 0.889. The Morgan fingerprint density at radius 3 is 2.56 bits per heavy atom. The lowest BCUT2D eigenvalue weighted by molar-refractivity contribution is -0.118. The normalized spacial score (nSPS) is 10.8. The number of anilines is 1. The van der Waals surface area contributed by atoms with E-state index in [0.29, 0.717) is 34.5 Å². The van der Waals surface area contributed by atoms with Crippen LogP contribution in [0.2, 0.25) is 5.02 Å². The SMILES string of the molecule is CN(C(=O)CCc1ccccc1)c1c(C(=O)O)[nH]c2cc(Cl)ccc12. The standard InChI is InChI=1S/C19H17ClN2O3/c1-22(16(23)10-7-12-5-3-2-4-6-12)18-14-9-8-13(20)11-15(14)21-17(18)19(24)25/h2-6,8-9,11,21H,7,10H2,1H3,(H,24,25). The smallest absolute Gasteiger partial charge is 0.354 e. The fraction of sp³-hybridized carbons (Fsp3) is 0.158. The molecule has 0 radical (unpaired) electrons. The molecule has 128 valence electrons. The van der Waals surface area contributed by atoms with Gasteiger partial charge in [0.15, 0.2) is 0 Å². The molecule has 0 aliphatic rings. The fourth-order valence-corrected chi connectivity index (χ4v) is 3.02. The van der Waals surface area contributed by atoms with Crippen LogP contribution in [0.4, 0.5) is 5.69 Å². The molecule has 3 rings (SSSR count). The van der Waals surface area contributed by atoms with Crippen LogP contribution in [0.25, 0.3) is 10.9 Å². The minimum absolute atomic E-state index is 0.0205. The first-order chi connectivity index (χ1) is 12.0. The number of benzene rings is 2. The van der Waals surface area contributed by atoms with Gasteiger partial charge >= 0.3 is 5.97 Å². The Balaban J connectivity index is 1.90. The van der Waals surface area contributed by atoms with Crippen LogP contribution < -0.4 is 4.90 Å². The van der Waals surface area contributed by atoms with E-state index in [-0.39, 0.29) is 11.6 Å². The van der Waals surface area contributed by atoms with Crippen LogP contribution in [0.5, 0.6) is 0 Å². The quantitative estimate of drug-likeness (QED) is 0.722. The molecule has 1 aromatic heterocycles. The van der Waals surface area contributed by atoms with E-state index in [4.69, 9.17) is 11.6 Å². The summed E-state index contributed by atoms with van der Waals surface area (Å²) in [5.74, 6) is -1.27.